The summed E-state index contributed by atoms with van der Waals surface area (Å²) in [5, 5.41) is 1.01. The van der Waals surface area contributed by atoms with Gasteiger partial charge in [-0.1, -0.05) is 6.92 Å². The summed E-state index contributed by atoms with van der Waals surface area (Å²) < 4.78 is 22.5. The minimum absolute atomic E-state index is 0.286. The minimum Gasteiger partial charge on any atom is -0.454 e. The Morgan fingerprint density at radius 3 is 2.79 bits per heavy atom. The van der Waals surface area contributed by atoms with Crippen LogP contribution >= 0.6 is 0 Å². The maximum atomic E-state index is 11.9. The summed E-state index contributed by atoms with van der Waals surface area (Å²) >= 11 is 0. The fourth-order valence-electron chi connectivity index (χ4n) is 4.14. The van der Waals surface area contributed by atoms with Crippen molar-refractivity contribution < 1.29 is 23.5 Å². The molecule has 0 fully saturated rings. The number of ether oxygens (including phenoxy) is 3. The Morgan fingerprint density at radius 2 is 1.93 bits per heavy atom. The van der Waals surface area contributed by atoms with Crippen LogP contribution in [0.3, 0.4) is 0 Å². The van der Waals surface area contributed by atoms with Crippen molar-refractivity contribution in [2.45, 2.75) is 33.4 Å². The van der Waals surface area contributed by atoms with Crippen molar-refractivity contribution in [3.63, 3.8) is 0 Å². The SMILES string of the molecule is CCc1cc(=O)oc2c(C)c3c(cc12)C[NH+](Cc1ccc2c(c1)OCO2)CO3. The highest BCUT2D eigenvalue weighted by atomic mass is 16.7. The van der Waals surface area contributed by atoms with Crippen molar-refractivity contribution in [2.75, 3.05) is 13.5 Å². The Bertz CT molecular complexity index is 1130. The second-order valence-electron chi connectivity index (χ2n) is 7.39. The van der Waals surface area contributed by atoms with Gasteiger partial charge in [-0.25, -0.2) is 4.79 Å². The molecule has 6 heteroatoms. The first-order chi connectivity index (χ1) is 13.6. The van der Waals surface area contributed by atoms with E-state index in [4.69, 9.17) is 18.6 Å². The van der Waals surface area contributed by atoms with Gasteiger partial charge in [0.15, 0.2) is 11.5 Å². The van der Waals surface area contributed by atoms with E-state index in [0.29, 0.717) is 12.3 Å². The first-order valence-electron chi connectivity index (χ1n) is 9.56. The number of fused-ring (bicyclic) bond motifs is 3. The highest BCUT2D eigenvalue weighted by Crippen LogP contribution is 2.34. The molecule has 3 aromatic rings. The molecule has 1 atom stereocenters. The van der Waals surface area contributed by atoms with Gasteiger partial charge >= 0.3 is 5.63 Å². The molecule has 3 heterocycles. The van der Waals surface area contributed by atoms with Crippen LogP contribution in [0.1, 0.15) is 29.2 Å². The van der Waals surface area contributed by atoms with Gasteiger partial charge in [-0.2, -0.15) is 0 Å². The Labute approximate surface area is 162 Å². The molecule has 6 nitrogen and oxygen atoms in total. The van der Waals surface area contributed by atoms with Crippen LogP contribution in [0.4, 0.5) is 0 Å². The molecule has 0 bridgehead atoms. The van der Waals surface area contributed by atoms with Crippen LogP contribution in [0, 0.1) is 6.92 Å². The van der Waals surface area contributed by atoms with Gasteiger partial charge in [0, 0.05) is 28.1 Å². The molecular weight excluding hydrogens is 358 g/mol. The molecular formula is C22H22NO5+. The van der Waals surface area contributed by atoms with E-state index < -0.39 is 0 Å². The lowest BCUT2D eigenvalue weighted by atomic mass is 9.99. The molecule has 5 rings (SSSR count). The Morgan fingerprint density at radius 1 is 1.07 bits per heavy atom. The quantitative estimate of drug-likeness (QED) is 0.707. The van der Waals surface area contributed by atoms with Crippen molar-refractivity contribution in [1.82, 2.24) is 0 Å². The first-order valence-corrected chi connectivity index (χ1v) is 9.56. The lowest BCUT2D eigenvalue weighted by Gasteiger charge is -2.27. The molecule has 1 aromatic heterocycles. The molecule has 0 saturated heterocycles. The van der Waals surface area contributed by atoms with Crippen LogP contribution in [0.15, 0.2) is 39.5 Å². The zero-order valence-corrected chi connectivity index (χ0v) is 16.0. The number of quaternary nitrogens is 1. The molecule has 2 aliphatic rings. The summed E-state index contributed by atoms with van der Waals surface area (Å²) in [4.78, 5) is 13.2. The molecule has 0 saturated carbocycles. The van der Waals surface area contributed by atoms with Gasteiger partial charge in [-0.15, -0.1) is 0 Å². The topological polar surface area (TPSA) is 62.3 Å². The number of rotatable bonds is 3. The van der Waals surface area contributed by atoms with Crippen LogP contribution in [0.25, 0.3) is 11.0 Å². The highest BCUT2D eigenvalue weighted by Gasteiger charge is 2.26. The molecule has 0 amide bonds. The van der Waals surface area contributed by atoms with Crippen molar-refractivity contribution in [3.8, 4) is 17.2 Å². The van der Waals surface area contributed by atoms with Crippen LogP contribution in [0.2, 0.25) is 0 Å². The van der Waals surface area contributed by atoms with Crippen molar-refractivity contribution in [3.05, 3.63) is 63.0 Å². The molecule has 1 N–H and O–H groups in total. The van der Waals surface area contributed by atoms with Crippen LogP contribution in [-0.4, -0.2) is 13.5 Å². The Hall–Kier alpha value is -2.99. The average molecular weight is 380 g/mol. The fraction of sp³-hybridized carbons (Fsp3) is 0.318. The van der Waals surface area contributed by atoms with Crippen molar-refractivity contribution >= 4 is 11.0 Å². The molecule has 1 unspecified atom stereocenters. The number of aryl methyl sites for hydroxylation is 2. The highest BCUT2D eigenvalue weighted by molar-refractivity contribution is 5.86. The van der Waals surface area contributed by atoms with Crippen molar-refractivity contribution in [2.24, 2.45) is 0 Å². The third kappa shape index (κ3) is 2.81. The van der Waals surface area contributed by atoms with Crippen molar-refractivity contribution in [1.29, 1.82) is 0 Å². The lowest BCUT2D eigenvalue weighted by Crippen LogP contribution is -3.10. The third-order valence-electron chi connectivity index (χ3n) is 5.51. The summed E-state index contributed by atoms with van der Waals surface area (Å²) in [5.74, 6) is 2.45. The van der Waals surface area contributed by atoms with Gasteiger partial charge < -0.3 is 18.6 Å². The largest absolute Gasteiger partial charge is 0.454 e. The zero-order valence-electron chi connectivity index (χ0n) is 16.0. The van der Waals surface area contributed by atoms with Crippen LogP contribution in [-0.2, 0) is 19.5 Å². The number of benzene rings is 2. The van der Waals surface area contributed by atoms with Gasteiger partial charge in [-0.05, 0) is 43.2 Å². The van der Waals surface area contributed by atoms with E-state index in [0.717, 1.165) is 58.8 Å². The summed E-state index contributed by atoms with van der Waals surface area (Å²) in [5.41, 5.74) is 4.59. The van der Waals surface area contributed by atoms with Gasteiger partial charge in [0.05, 0.1) is 0 Å². The van der Waals surface area contributed by atoms with Gasteiger partial charge in [-0.3, -0.25) is 4.90 Å². The maximum absolute atomic E-state index is 11.9. The average Bonchev–Trinajstić information content (AvgIpc) is 3.16. The summed E-state index contributed by atoms with van der Waals surface area (Å²) in [7, 11) is 0. The minimum atomic E-state index is -0.307. The predicted molar refractivity (Wildman–Crippen MR) is 103 cm³/mol. The van der Waals surface area contributed by atoms with Crippen LogP contribution < -0.4 is 24.7 Å². The monoisotopic (exact) mass is 380 g/mol. The smallest absolute Gasteiger partial charge is 0.336 e. The van der Waals surface area contributed by atoms with E-state index in [2.05, 4.69) is 19.1 Å². The van der Waals surface area contributed by atoms with Gasteiger partial charge in [0.2, 0.25) is 13.5 Å². The molecule has 28 heavy (non-hydrogen) atoms. The Balaban J connectivity index is 1.47. The second-order valence-corrected chi connectivity index (χ2v) is 7.39. The van der Waals surface area contributed by atoms with Gasteiger partial charge in [0.1, 0.15) is 24.4 Å². The predicted octanol–water partition coefficient (Wildman–Crippen LogP) is 2.33. The van der Waals surface area contributed by atoms with E-state index in [1.807, 2.05) is 19.1 Å². The number of hydrogen-bond acceptors (Lipinski definition) is 5. The normalized spacial score (nSPS) is 17.4. The zero-order chi connectivity index (χ0) is 19.3. The van der Waals surface area contributed by atoms with Crippen LogP contribution in [0.5, 0.6) is 17.2 Å². The molecule has 2 aromatic carbocycles. The van der Waals surface area contributed by atoms with Gasteiger partial charge in [0.25, 0.3) is 0 Å². The summed E-state index contributed by atoms with van der Waals surface area (Å²) in [6.45, 7) is 6.54. The van der Waals surface area contributed by atoms with E-state index in [1.54, 1.807) is 6.07 Å². The maximum Gasteiger partial charge on any atom is 0.336 e. The standard InChI is InChI=1S/C22H21NO5/c1-3-15-8-20(24)28-22-13(2)21-16(7-17(15)22)10-23(11-25-21)9-14-4-5-18-19(6-14)27-12-26-18/h4-8H,3,9-12H2,1-2H3/p+1. The summed E-state index contributed by atoms with van der Waals surface area (Å²) in [6.07, 6.45) is 0.787. The molecule has 0 spiro atoms. The lowest BCUT2D eigenvalue weighted by molar-refractivity contribution is -0.945. The third-order valence-corrected chi connectivity index (χ3v) is 5.51. The number of nitrogens with one attached hydrogen (secondary N) is 1. The number of hydrogen-bond donors (Lipinski definition) is 1. The van der Waals surface area contributed by atoms with E-state index >= 15 is 0 Å². The van der Waals surface area contributed by atoms with E-state index in [9.17, 15) is 4.79 Å². The molecule has 0 radical (unpaired) electrons. The first kappa shape index (κ1) is 17.1. The van der Waals surface area contributed by atoms with E-state index in [-0.39, 0.29) is 12.4 Å². The second kappa shape index (κ2) is 6.56. The fourth-order valence-corrected chi connectivity index (χ4v) is 4.14. The Kier molecular flexibility index (Phi) is 4.02. The van der Waals surface area contributed by atoms with E-state index in [1.165, 1.54) is 10.5 Å². The summed E-state index contributed by atoms with van der Waals surface area (Å²) in [6, 6.07) is 9.79. The molecule has 2 aliphatic heterocycles. The molecule has 144 valence electrons. The molecule has 0 aliphatic carbocycles.